The first kappa shape index (κ1) is 26.1. The molecule has 3 aromatic rings. The molecule has 0 unspecified atom stereocenters. The van der Waals surface area contributed by atoms with E-state index in [1.165, 1.54) is 16.7 Å². The molecule has 0 aromatic heterocycles. The Morgan fingerprint density at radius 1 is 0.944 bits per heavy atom. The van der Waals surface area contributed by atoms with Crippen LogP contribution in [0.2, 0.25) is 0 Å². The molecule has 4 heteroatoms. The number of rotatable bonds is 8. The molecule has 1 fully saturated rings. The van der Waals surface area contributed by atoms with Crippen molar-refractivity contribution < 1.29 is 9.53 Å². The molecule has 1 aliphatic rings. The molecule has 0 bridgehead atoms. The summed E-state index contributed by atoms with van der Waals surface area (Å²) in [6.45, 7) is 13.3. The second-order valence-corrected chi connectivity index (χ2v) is 11.3. The third kappa shape index (κ3) is 6.24. The van der Waals surface area contributed by atoms with Crippen LogP contribution in [0, 0.1) is 5.41 Å². The molecule has 1 heterocycles. The standard InChI is InChI=1S/C32H40N2O2/c1-25(28-19-13-8-14-20-28)34(22-27-17-11-7-12-18-27)29-23-33(21-26-15-9-6-10-16-26)24-32(29,5)30(35)36-31(2,3)4/h6-20,25,29H,21-24H2,1-5H3/t25-,29-,32+/m0/s1. The zero-order chi connectivity index (χ0) is 25.8. The molecular weight excluding hydrogens is 444 g/mol. The van der Waals surface area contributed by atoms with E-state index in [-0.39, 0.29) is 18.1 Å². The van der Waals surface area contributed by atoms with Crippen molar-refractivity contribution in [2.45, 2.75) is 65.4 Å². The number of hydrogen-bond acceptors (Lipinski definition) is 4. The van der Waals surface area contributed by atoms with Crippen molar-refractivity contribution >= 4 is 5.97 Å². The number of carbonyl (C=O) groups is 1. The summed E-state index contributed by atoms with van der Waals surface area (Å²) in [5.41, 5.74) is 2.55. The van der Waals surface area contributed by atoms with Crippen LogP contribution >= 0.6 is 0 Å². The molecule has 0 spiro atoms. The van der Waals surface area contributed by atoms with E-state index in [4.69, 9.17) is 4.74 Å². The number of esters is 1. The number of benzene rings is 3. The highest BCUT2D eigenvalue weighted by atomic mass is 16.6. The summed E-state index contributed by atoms with van der Waals surface area (Å²) in [7, 11) is 0. The van der Waals surface area contributed by atoms with Gasteiger partial charge in [-0.2, -0.15) is 0 Å². The van der Waals surface area contributed by atoms with E-state index in [2.05, 4.69) is 109 Å². The maximum absolute atomic E-state index is 13.8. The van der Waals surface area contributed by atoms with Crippen LogP contribution in [-0.2, 0) is 22.6 Å². The lowest BCUT2D eigenvalue weighted by atomic mass is 9.82. The topological polar surface area (TPSA) is 32.8 Å². The molecule has 190 valence electrons. The normalized spacial score (nSPS) is 21.4. The van der Waals surface area contributed by atoms with Crippen LogP contribution in [0.1, 0.15) is 57.4 Å². The Labute approximate surface area is 216 Å². The Morgan fingerprint density at radius 3 is 2.03 bits per heavy atom. The Balaban J connectivity index is 1.72. The quantitative estimate of drug-likeness (QED) is 0.343. The number of ether oxygens (including phenoxy) is 1. The van der Waals surface area contributed by atoms with Gasteiger partial charge in [0.1, 0.15) is 5.60 Å². The minimum Gasteiger partial charge on any atom is -0.459 e. The van der Waals surface area contributed by atoms with Gasteiger partial charge in [0.25, 0.3) is 0 Å². The summed E-state index contributed by atoms with van der Waals surface area (Å²) in [6, 6.07) is 31.8. The fourth-order valence-electron chi connectivity index (χ4n) is 5.34. The molecule has 1 aliphatic heterocycles. The fourth-order valence-corrected chi connectivity index (χ4v) is 5.34. The summed E-state index contributed by atoms with van der Waals surface area (Å²) >= 11 is 0. The second-order valence-electron chi connectivity index (χ2n) is 11.3. The van der Waals surface area contributed by atoms with Gasteiger partial charge < -0.3 is 4.74 Å². The lowest BCUT2D eigenvalue weighted by Gasteiger charge is -2.42. The van der Waals surface area contributed by atoms with E-state index in [0.717, 1.165) is 19.6 Å². The predicted octanol–water partition coefficient (Wildman–Crippen LogP) is 6.48. The first-order valence-corrected chi connectivity index (χ1v) is 13.0. The highest BCUT2D eigenvalue weighted by Crippen LogP contribution is 2.41. The van der Waals surface area contributed by atoms with Crippen LogP contribution in [-0.4, -0.2) is 40.5 Å². The Morgan fingerprint density at radius 2 is 1.47 bits per heavy atom. The summed E-state index contributed by atoms with van der Waals surface area (Å²) in [4.78, 5) is 18.8. The smallest absolute Gasteiger partial charge is 0.315 e. The van der Waals surface area contributed by atoms with Gasteiger partial charge in [-0.05, 0) is 51.3 Å². The number of nitrogens with zero attached hydrogens (tertiary/aromatic N) is 2. The lowest BCUT2D eigenvalue weighted by Crippen LogP contribution is -2.52. The van der Waals surface area contributed by atoms with Gasteiger partial charge in [-0.15, -0.1) is 0 Å². The van der Waals surface area contributed by atoms with E-state index in [0.29, 0.717) is 6.54 Å². The highest BCUT2D eigenvalue weighted by molar-refractivity contribution is 5.78. The molecule has 36 heavy (non-hydrogen) atoms. The van der Waals surface area contributed by atoms with E-state index in [9.17, 15) is 4.79 Å². The maximum Gasteiger partial charge on any atom is 0.315 e. The minimum atomic E-state index is -0.667. The Kier molecular flexibility index (Phi) is 7.97. The van der Waals surface area contributed by atoms with Crippen molar-refractivity contribution in [1.82, 2.24) is 9.80 Å². The monoisotopic (exact) mass is 484 g/mol. The molecule has 0 radical (unpaired) electrons. The summed E-state index contributed by atoms with van der Waals surface area (Å²) < 4.78 is 6.05. The van der Waals surface area contributed by atoms with Crippen molar-refractivity contribution in [1.29, 1.82) is 0 Å². The molecule has 0 amide bonds. The van der Waals surface area contributed by atoms with Gasteiger partial charge in [0.05, 0.1) is 5.41 Å². The molecule has 4 nitrogen and oxygen atoms in total. The van der Waals surface area contributed by atoms with Gasteiger partial charge in [0, 0.05) is 38.3 Å². The summed E-state index contributed by atoms with van der Waals surface area (Å²) in [5.74, 6) is -0.117. The van der Waals surface area contributed by atoms with E-state index in [1.807, 2.05) is 26.8 Å². The molecule has 1 saturated heterocycles. The summed E-state index contributed by atoms with van der Waals surface area (Å²) in [5, 5.41) is 0. The number of hydrogen-bond donors (Lipinski definition) is 0. The molecule has 0 N–H and O–H groups in total. The van der Waals surface area contributed by atoms with Crippen molar-refractivity contribution in [3.8, 4) is 0 Å². The van der Waals surface area contributed by atoms with E-state index < -0.39 is 11.0 Å². The highest BCUT2D eigenvalue weighted by Gasteiger charge is 2.53. The van der Waals surface area contributed by atoms with Crippen LogP contribution in [0.5, 0.6) is 0 Å². The summed E-state index contributed by atoms with van der Waals surface area (Å²) in [6.07, 6.45) is 0. The molecule has 4 rings (SSSR count). The number of carbonyl (C=O) groups excluding carboxylic acids is 1. The molecule has 0 aliphatic carbocycles. The fraction of sp³-hybridized carbons (Fsp3) is 0.406. The maximum atomic E-state index is 13.8. The molecule has 3 atom stereocenters. The zero-order valence-electron chi connectivity index (χ0n) is 22.4. The minimum absolute atomic E-state index is 0.00789. The third-order valence-corrected chi connectivity index (χ3v) is 7.22. The zero-order valence-corrected chi connectivity index (χ0v) is 22.4. The van der Waals surface area contributed by atoms with Crippen molar-refractivity contribution in [2.75, 3.05) is 13.1 Å². The average molecular weight is 485 g/mol. The third-order valence-electron chi connectivity index (χ3n) is 7.22. The van der Waals surface area contributed by atoms with Crippen molar-refractivity contribution in [3.63, 3.8) is 0 Å². The SMILES string of the molecule is C[C@@H](c1ccccc1)N(Cc1ccccc1)[C@H]1CN(Cc2ccccc2)C[C@@]1(C)C(=O)OC(C)(C)C. The van der Waals surface area contributed by atoms with Crippen LogP contribution < -0.4 is 0 Å². The van der Waals surface area contributed by atoms with E-state index >= 15 is 0 Å². The van der Waals surface area contributed by atoms with Gasteiger partial charge in [0.15, 0.2) is 0 Å². The number of likely N-dealkylation sites (tertiary alicyclic amines) is 1. The first-order chi connectivity index (χ1) is 17.2. The van der Waals surface area contributed by atoms with Gasteiger partial charge in [-0.25, -0.2) is 0 Å². The van der Waals surface area contributed by atoms with Crippen LogP contribution in [0.3, 0.4) is 0 Å². The van der Waals surface area contributed by atoms with Gasteiger partial charge >= 0.3 is 5.97 Å². The largest absolute Gasteiger partial charge is 0.459 e. The van der Waals surface area contributed by atoms with Crippen molar-refractivity contribution in [2.24, 2.45) is 5.41 Å². The van der Waals surface area contributed by atoms with E-state index in [1.54, 1.807) is 0 Å². The molecule has 3 aromatic carbocycles. The van der Waals surface area contributed by atoms with Gasteiger partial charge in [-0.3, -0.25) is 14.6 Å². The average Bonchev–Trinajstić information content (AvgIpc) is 3.19. The lowest BCUT2D eigenvalue weighted by molar-refractivity contribution is -0.169. The van der Waals surface area contributed by atoms with Crippen molar-refractivity contribution in [3.05, 3.63) is 108 Å². The Bertz CT molecular complexity index is 1110. The van der Waals surface area contributed by atoms with Crippen LogP contribution in [0.15, 0.2) is 91.0 Å². The van der Waals surface area contributed by atoms with Gasteiger partial charge in [-0.1, -0.05) is 91.0 Å². The first-order valence-electron chi connectivity index (χ1n) is 13.0. The van der Waals surface area contributed by atoms with Gasteiger partial charge in [0.2, 0.25) is 0 Å². The second kappa shape index (κ2) is 11.0. The van der Waals surface area contributed by atoms with Crippen LogP contribution in [0.4, 0.5) is 0 Å². The molecular formula is C32H40N2O2. The Hall–Kier alpha value is -2.95. The molecule has 0 saturated carbocycles. The predicted molar refractivity (Wildman–Crippen MR) is 146 cm³/mol. The van der Waals surface area contributed by atoms with Crippen LogP contribution in [0.25, 0.3) is 0 Å².